The number of Topliss-reactive ketones (excluding diaryl/α,β-unsaturated/α-hetero) is 1. The smallest absolute Gasteiger partial charge is 0.187 e. The minimum absolute atomic E-state index is 0.0237. The SMILES string of the molecule is C=CCC(C(=O)c1ccc(C)cc1)n1nnc2ccccc21. The van der Waals surface area contributed by atoms with Crippen molar-refractivity contribution in [3.63, 3.8) is 0 Å². The summed E-state index contributed by atoms with van der Waals surface area (Å²) in [5.74, 6) is 0.0237. The fourth-order valence-electron chi connectivity index (χ4n) is 2.50. The molecule has 4 nitrogen and oxygen atoms in total. The van der Waals surface area contributed by atoms with E-state index in [-0.39, 0.29) is 5.78 Å². The predicted octanol–water partition coefficient (Wildman–Crippen LogP) is 3.74. The van der Waals surface area contributed by atoms with Gasteiger partial charge in [-0.2, -0.15) is 0 Å². The maximum absolute atomic E-state index is 12.9. The molecule has 0 radical (unpaired) electrons. The first-order chi connectivity index (χ1) is 10.7. The van der Waals surface area contributed by atoms with E-state index in [4.69, 9.17) is 0 Å². The van der Waals surface area contributed by atoms with E-state index in [9.17, 15) is 4.79 Å². The Hall–Kier alpha value is -2.75. The monoisotopic (exact) mass is 291 g/mol. The summed E-state index contributed by atoms with van der Waals surface area (Å²) < 4.78 is 1.69. The number of aryl methyl sites for hydroxylation is 1. The summed E-state index contributed by atoms with van der Waals surface area (Å²) in [5, 5.41) is 8.31. The van der Waals surface area contributed by atoms with Crippen molar-refractivity contribution >= 4 is 16.8 Å². The number of fused-ring (bicyclic) bond motifs is 1. The number of allylic oxidation sites excluding steroid dienone is 1. The molecule has 4 heteroatoms. The lowest BCUT2D eigenvalue weighted by Crippen LogP contribution is -2.20. The number of para-hydroxylation sites is 1. The van der Waals surface area contributed by atoms with Gasteiger partial charge in [0, 0.05) is 5.56 Å². The lowest BCUT2D eigenvalue weighted by atomic mass is 10.0. The van der Waals surface area contributed by atoms with Gasteiger partial charge in [-0.1, -0.05) is 53.3 Å². The number of carbonyl (C=O) groups is 1. The molecule has 1 atom stereocenters. The number of benzene rings is 2. The van der Waals surface area contributed by atoms with Crippen molar-refractivity contribution in [1.29, 1.82) is 0 Å². The maximum Gasteiger partial charge on any atom is 0.187 e. The minimum Gasteiger partial charge on any atom is -0.292 e. The summed E-state index contributed by atoms with van der Waals surface area (Å²) >= 11 is 0. The molecule has 110 valence electrons. The van der Waals surface area contributed by atoms with Gasteiger partial charge in [0.2, 0.25) is 0 Å². The average Bonchev–Trinajstić information content (AvgIpc) is 2.96. The quantitative estimate of drug-likeness (QED) is 0.531. The number of ketones is 1. The van der Waals surface area contributed by atoms with Gasteiger partial charge in [-0.25, -0.2) is 4.68 Å². The zero-order chi connectivity index (χ0) is 15.5. The molecular weight excluding hydrogens is 274 g/mol. The maximum atomic E-state index is 12.9. The van der Waals surface area contributed by atoms with Crippen LogP contribution in [-0.2, 0) is 0 Å². The van der Waals surface area contributed by atoms with E-state index in [0.29, 0.717) is 12.0 Å². The summed E-state index contributed by atoms with van der Waals surface area (Å²) in [6, 6.07) is 14.8. The van der Waals surface area contributed by atoms with Crippen LogP contribution in [0.25, 0.3) is 11.0 Å². The Balaban J connectivity index is 2.04. The van der Waals surface area contributed by atoms with Crippen molar-refractivity contribution in [2.45, 2.75) is 19.4 Å². The van der Waals surface area contributed by atoms with Crippen LogP contribution < -0.4 is 0 Å². The fourth-order valence-corrected chi connectivity index (χ4v) is 2.50. The second-order valence-corrected chi connectivity index (χ2v) is 5.29. The zero-order valence-electron chi connectivity index (χ0n) is 12.4. The third kappa shape index (κ3) is 2.55. The highest BCUT2D eigenvalue weighted by Crippen LogP contribution is 2.22. The first-order valence-corrected chi connectivity index (χ1v) is 7.22. The number of aromatic nitrogens is 3. The Bertz CT molecular complexity index is 818. The largest absolute Gasteiger partial charge is 0.292 e. The van der Waals surface area contributed by atoms with Gasteiger partial charge in [0.05, 0.1) is 5.52 Å². The van der Waals surface area contributed by atoms with Gasteiger partial charge in [-0.3, -0.25) is 4.79 Å². The molecule has 0 N–H and O–H groups in total. The number of hydrogen-bond donors (Lipinski definition) is 0. The molecule has 3 rings (SSSR count). The molecule has 0 spiro atoms. The van der Waals surface area contributed by atoms with Crippen LogP contribution in [0.4, 0.5) is 0 Å². The van der Waals surface area contributed by atoms with Gasteiger partial charge in [-0.15, -0.1) is 11.7 Å². The summed E-state index contributed by atoms with van der Waals surface area (Å²) in [4.78, 5) is 12.9. The molecule has 0 aliphatic rings. The first kappa shape index (κ1) is 14.2. The van der Waals surface area contributed by atoms with Crippen molar-refractivity contribution in [3.8, 4) is 0 Å². The summed E-state index contributed by atoms with van der Waals surface area (Å²) in [5.41, 5.74) is 3.45. The number of rotatable bonds is 5. The number of carbonyl (C=O) groups excluding carboxylic acids is 1. The summed E-state index contributed by atoms with van der Waals surface area (Å²) in [7, 11) is 0. The topological polar surface area (TPSA) is 47.8 Å². The van der Waals surface area contributed by atoms with Crippen LogP contribution in [0.3, 0.4) is 0 Å². The van der Waals surface area contributed by atoms with E-state index >= 15 is 0 Å². The van der Waals surface area contributed by atoms with Gasteiger partial charge in [-0.05, 0) is 25.5 Å². The molecule has 1 aromatic heterocycles. The average molecular weight is 291 g/mol. The van der Waals surface area contributed by atoms with Crippen LogP contribution in [0.1, 0.15) is 28.4 Å². The Morgan fingerprint density at radius 1 is 1.23 bits per heavy atom. The van der Waals surface area contributed by atoms with E-state index in [1.807, 2.05) is 55.5 Å². The van der Waals surface area contributed by atoms with Crippen molar-refractivity contribution in [1.82, 2.24) is 15.0 Å². The second-order valence-electron chi connectivity index (χ2n) is 5.29. The van der Waals surface area contributed by atoms with Crippen LogP contribution in [0.5, 0.6) is 0 Å². The summed E-state index contributed by atoms with van der Waals surface area (Å²) in [6.45, 7) is 5.77. The second kappa shape index (κ2) is 5.93. The van der Waals surface area contributed by atoms with E-state index in [1.54, 1.807) is 10.8 Å². The van der Waals surface area contributed by atoms with Crippen LogP contribution in [0.15, 0.2) is 61.2 Å². The molecular formula is C18H17N3O. The molecule has 0 aliphatic carbocycles. The molecule has 0 aliphatic heterocycles. The minimum atomic E-state index is -0.424. The molecule has 1 heterocycles. The Labute approximate surface area is 129 Å². The Morgan fingerprint density at radius 2 is 1.95 bits per heavy atom. The molecule has 0 amide bonds. The van der Waals surface area contributed by atoms with E-state index in [1.165, 1.54) is 0 Å². The lowest BCUT2D eigenvalue weighted by Gasteiger charge is -2.15. The molecule has 0 saturated carbocycles. The molecule has 2 aromatic carbocycles. The highest BCUT2D eigenvalue weighted by molar-refractivity contribution is 5.99. The molecule has 3 aromatic rings. The summed E-state index contributed by atoms with van der Waals surface area (Å²) in [6.07, 6.45) is 2.26. The Kier molecular flexibility index (Phi) is 3.83. The normalized spacial score (nSPS) is 12.2. The van der Waals surface area contributed by atoms with Crippen LogP contribution in [-0.4, -0.2) is 20.8 Å². The van der Waals surface area contributed by atoms with Gasteiger partial charge in [0.1, 0.15) is 11.6 Å². The number of nitrogens with zero attached hydrogens (tertiary/aromatic N) is 3. The zero-order valence-corrected chi connectivity index (χ0v) is 12.4. The van der Waals surface area contributed by atoms with Crippen LogP contribution in [0.2, 0.25) is 0 Å². The van der Waals surface area contributed by atoms with Crippen molar-refractivity contribution in [2.24, 2.45) is 0 Å². The van der Waals surface area contributed by atoms with E-state index < -0.39 is 6.04 Å². The van der Waals surface area contributed by atoms with Gasteiger partial charge >= 0.3 is 0 Å². The third-order valence-electron chi connectivity index (χ3n) is 3.70. The number of hydrogen-bond acceptors (Lipinski definition) is 3. The Morgan fingerprint density at radius 3 is 2.68 bits per heavy atom. The third-order valence-corrected chi connectivity index (χ3v) is 3.70. The molecule has 0 bridgehead atoms. The lowest BCUT2D eigenvalue weighted by molar-refractivity contribution is 0.0920. The van der Waals surface area contributed by atoms with Crippen LogP contribution in [0, 0.1) is 6.92 Å². The molecule has 1 unspecified atom stereocenters. The van der Waals surface area contributed by atoms with Gasteiger partial charge in [0.25, 0.3) is 0 Å². The highest BCUT2D eigenvalue weighted by Gasteiger charge is 2.23. The van der Waals surface area contributed by atoms with Gasteiger partial charge in [0.15, 0.2) is 5.78 Å². The predicted molar refractivity (Wildman–Crippen MR) is 86.9 cm³/mol. The molecule has 0 saturated heterocycles. The standard InChI is InChI=1S/C18H17N3O/c1-3-6-17(18(22)14-11-9-13(2)10-12-14)21-16-8-5-4-7-15(16)19-20-21/h3-5,7-12,17H,1,6H2,2H3. The van der Waals surface area contributed by atoms with Crippen LogP contribution >= 0.6 is 0 Å². The van der Waals surface area contributed by atoms with E-state index in [2.05, 4.69) is 16.9 Å². The van der Waals surface area contributed by atoms with Crippen molar-refractivity contribution < 1.29 is 4.79 Å². The van der Waals surface area contributed by atoms with Gasteiger partial charge < -0.3 is 0 Å². The first-order valence-electron chi connectivity index (χ1n) is 7.22. The van der Waals surface area contributed by atoms with Crippen molar-refractivity contribution in [2.75, 3.05) is 0 Å². The highest BCUT2D eigenvalue weighted by atomic mass is 16.1. The molecule has 0 fully saturated rings. The fraction of sp³-hybridized carbons (Fsp3) is 0.167. The van der Waals surface area contributed by atoms with E-state index in [0.717, 1.165) is 16.6 Å². The molecule has 22 heavy (non-hydrogen) atoms. The van der Waals surface area contributed by atoms with Crippen molar-refractivity contribution in [3.05, 3.63) is 72.3 Å².